The van der Waals surface area contributed by atoms with Gasteiger partial charge in [0.1, 0.15) is 7.85 Å². The zero-order valence-corrected chi connectivity index (χ0v) is 7.81. The van der Waals surface area contributed by atoms with Crippen molar-refractivity contribution in [2.75, 3.05) is 26.9 Å². The van der Waals surface area contributed by atoms with E-state index in [-0.39, 0.29) is 18.8 Å². The molecular formula is C8H15BO4. The Hall–Kier alpha value is -0.0951. The minimum atomic E-state index is -0.397. The number of methoxy groups -OCH3 is 1. The molecule has 0 spiro atoms. The standard InChI is InChI=1S/C8H15BO4/c1-11-5-6-4-7(8(9)13-6)12-3-2-10/h6-8,10H,2-5H2,1H3. The fraction of sp³-hybridized carbons (Fsp3) is 1.00. The molecule has 1 aliphatic heterocycles. The first kappa shape index (κ1) is 11.0. The summed E-state index contributed by atoms with van der Waals surface area (Å²) in [5.74, 6) is 0. The normalized spacial score (nSPS) is 33.8. The summed E-state index contributed by atoms with van der Waals surface area (Å²) in [7, 11) is 7.28. The molecule has 3 atom stereocenters. The van der Waals surface area contributed by atoms with Gasteiger partial charge < -0.3 is 19.3 Å². The molecule has 1 fully saturated rings. The van der Waals surface area contributed by atoms with Crippen LogP contribution in [0.25, 0.3) is 0 Å². The first-order chi connectivity index (χ1) is 6.27. The van der Waals surface area contributed by atoms with Crippen LogP contribution in [0.3, 0.4) is 0 Å². The molecule has 0 amide bonds. The molecular weight excluding hydrogens is 171 g/mol. The summed E-state index contributed by atoms with van der Waals surface area (Å²) in [6, 6.07) is -0.397. The summed E-state index contributed by atoms with van der Waals surface area (Å²) in [5, 5.41) is 8.55. The third-order valence-electron chi connectivity index (χ3n) is 1.99. The molecule has 3 unspecified atom stereocenters. The summed E-state index contributed by atoms with van der Waals surface area (Å²) in [6.45, 7) is 0.853. The third kappa shape index (κ3) is 3.27. The minimum absolute atomic E-state index is 0.0121. The number of hydrogen-bond donors (Lipinski definition) is 1. The van der Waals surface area contributed by atoms with Crippen molar-refractivity contribution in [3.8, 4) is 0 Å². The van der Waals surface area contributed by atoms with Gasteiger partial charge in [-0.2, -0.15) is 0 Å². The Morgan fingerprint density at radius 3 is 3.00 bits per heavy atom. The monoisotopic (exact) mass is 186 g/mol. The van der Waals surface area contributed by atoms with Crippen LogP contribution in [0.1, 0.15) is 6.42 Å². The van der Waals surface area contributed by atoms with E-state index in [1.54, 1.807) is 7.11 Å². The fourth-order valence-corrected chi connectivity index (χ4v) is 1.42. The van der Waals surface area contributed by atoms with Gasteiger partial charge in [0, 0.05) is 19.5 Å². The average molecular weight is 186 g/mol. The first-order valence-corrected chi connectivity index (χ1v) is 4.40. The van der Waals surface area contributed by atoms with Crippen molar-refractivity contribution in [2.24, 2.45) is 0 Å². The van der Waals surface area contributed by atoms with Crippen LogP contribution in [-0.2, 0) is 14.2 Å². The maximum atomic E-state index is 8.55. The zero-order valence-electron chi connectivity index (χ0n) is 7.81. The quantitative estimate of drug-likeness (QED) is 0.576. The Kier molecular flexibility index (Phi) is 4.73. The Morgan fingerprint density at radius 2 is 2.38 bits per heavy atom. The van der Waals surface area contributed by atoms with Crippen molar-refractivity contribution in [1.29, 1.82) is 0 Å². The van der Waals surface area contributed by atoms with Crippen molar-refractivity contribution >= 4 is 7.85 Å². The molecule has 1 heterocycles. The molecule has 5 heteroatoms. The van der Waals surface area contributed by atoms with E-state index in [9.17, 15) is 0 Å². The van der Waals surface area contributed by atoms with E-state index < -0.39 is 6.00 Å². The second-order valence-electron chi connectivity index (χ2n) is 3.05. The summed E-state index contributed by atoms with van der Waals surface area (Å²) in [5.41, 5.74) is 0. The third-order valence-corrected chi connectivity index (χ3v) is 1.99. The smallest absolute Gasteiger partial charge is 0.112 e. The van der Waals surface area contributed by atoms with Gasteiger partial charge in [-0.25, -0.2) is 0 Å². The lowest BCUT2D eigenvalue weighted by Crippen LogP contribution is -2.25. The van der Waals surface area contributed by atoms with E-state index >= 15 is 0 Å². The summed E-state index contributed by atoms with van der Waals surface area (Å²) in [6.07, 6.45) is 0.630. The molecule has 1 rings (SSSR count). The highest BCUT2D eigenvalue weighted by Gasteiger charge is 2.31. The molecule has 1 saturated heterocycles. The van der Waals surface area contributed by atoms with Crippen LogP contribution in [0.2, 0.25) is 0 Å². The Bertz CT molecular complexity index is 144. The van der Waals surface area contributed by atoms with E-state index in [0.29, 0.717) is 13.2 Å². The predicted molar refractivity (Wildman–Crippen MR) is 47.7 cm³/mol. The zero-order chi connectivity index (χ0) is 9.68. The van der Waals surface area contributed by atoms with Gasteiger partial charge in [-0.3, -0.25) is 0 Å². The second kappa shape index (κ2) is 5.60. The van der Waals surface area contributed by atoms with E-state index in [1.165, 1.54) is 0 Å². The van der Waals surface area contributed by atoms with Gasteiger partial charge >= 0.3 is 0 Å². The molecule has 1 N–H and O–H groups in total. The lowest BCUT2D eigenvalue weighted by Gasteiger charge is -2.13. The van der Waals surface area contributed by atoms with Gasteiger partial charge in [0.05, 0.1) is 32.0 Å². The van der Waals surface area contributed by atoms with Crippen molar-refractivity contribution in [3.63, 3.8) is 0 Å². The van der Waals surface area contributed by atoms with Crippen LogP contribution in [0, 0.1) is 0 Å². The Morgan fingerprint density at radius 1 is 1.62 bits per heavy atom. The van der Waals surface area contributed by atoms with Crippen LogP contribution in [0.15, 0.2) is 0 Å². The number of hydrogen-bond acceptors (Lipinski definition) is 4. The van der Waals surface area contributed by atoms with Crippen LogP contribution in [0.5, 0.6) is 0 Å². The molecule has 4 nitrogen and oxygen atoms in total. The number of ether oxygens (including phenoxy) is 3. The van der Waals surface area contributed by atoms with Gasteiger partial charge in [0.15, 0.2) is 0 Å². The summed E-state index contributed by atoms with van der Waals surface area (Å²) in [4.78, 5) is 0. The van der Waals surface area contributed by atoms with E-state index in [1.807, 2.05) is 0 Å². The maximum Gasteiger partial charge on any atom is 0.112 e. The molecule has 13 heavy (non-hydrogen) atoms. The lowest BCUT2D eigenvalue weighted by molar-refractivity contribution is -0.00691. The highest BCUT2D eigenvalue weighted by Crippen LogP contribution is 2.21. The van der Waals surface area contributed by atoms with Crippen LogP contribution in [-0.4, -0.2) is 58.1 Å². The van der Waals surface area contributed by atoms with Gasteiger partial charge in [-0.05, 0) is 0 Å². The highest BCUT2D eigenvalue weighted by molar-refractivity contribution is 6.11. The number of aliphatic hydroxyl groups excluding tert-OH is 1. The fourth-order valence-electron chi connectivity index (χ4n) is 1.42. The Labute approximate surface area is 79.6 Å². The molecule has 0 bridgehead atoms. The highest BCUT2D eigenvalue weighted by atomic mass is 16.6. The van der Waals surface area contributed by atoms with E-state index in [4.69, 9.17) is 27.2 Å². The topological polar surface area (TPSA) is 47.9 Å². The predicted octanol–water partition coefficient (Wildman–Crippen LogP) is -0.706. The van der Waals surface area contributed by atoms with Gasteiger partial charge in [0.2, 0.25) is 0 Å². The molecule has 0 aliphatic carbocycles. The van der Waals surface area contributed by atoms with Gasteiger partial charge in [0.25, 0.3) is 0 Å². The molecule has 0 aromatic heterocycles. The number of aliphatic hydroxyl groups is 1. The van der Waals surface area contributed by atoms with E-state index in [0.717, 1.165) is 6.42 Å². The summed E-state index contributed by atoms with van der Waals surface area (Å²) < 4.78 is 15.6. The molecule has 74 valence electrons. The van der Waals surface area contributed by atoms with Crippen molar-refractivity contribution in [3.05, 3.63) is 0 Å². The van der Waals surface area contributed by atoms with Crippen LogP contribution >= 0.6 is 0 Å². The molecule has 1 aliphatic rings. The van der Waals surface area contributed by atoms with Gasteiger partial charge in [-0.15, -0.1) is 0 Å². The first-order valence-electron chi connectivity index (χ1n) is 4.40. The van der Waals surface area contributed by atoms with Crippen LogP contribution in [0.4, 0.5) is 0 Å². The molecule has 0 saturated carbocycles. The van der Waals surface area contributed by atoms with E-state index in [2.05, 4.69) is 0 Å². The van der Waals surface area contributed by atoms with Crippen molar-refractivity contribution in [2.45, 2.75) is 24.6 Å². The maximum absolute atomic E-state index is 8.55. The van der Waals surface area contributed by atoms with Crippen LogP contribution < -0.4 is 0 Å². The summed E-state index contributed by atoms with van der Waals surface area (Å²) >= 11 is 0. The average Bonchev–Trinajstić information content (AvgIpc) is 2.44. The molecule has 0 aromatic rings. The SMILES string of the molecule is [B]C1OC(COC)CC1OCCO. The minimum Gasteiger partial charge on any atom is -0.394 e. The lowest BCUT2D eigenvalue weighted by atomic mass is 9.94. The second-order valence-corrected chi connectivity index (χ2v) is 3.05. The Balaban J connectivity index is 2.24. The molecule has 2 radical (unpaired) electrons. The van der Waals surface area contributed by atoms with Crippen molar-refractivity contribution in [1.82, 2.24) is 0 Å². The van der Waals surface area contributed by atoms with Crippen molar-refractivity contribution < 1.29 is 19.3 Å². The number of rotatable bonds is 5. The molecule has 0 aromatic carbocycles. The largest absolute Gasteiger partial charge is 0.394 e. The van der Waals surface area contributed by atoms with Gasteiger partial charge in [-0.1, -0.05) is 0 Å².